The molecule has 1 aromatic heterocycles. The maximum Gasteiger partial charge on any atom is 0.325 e. The maximum absolute atomic E-state index is 14.5. The van der Waals surface area contributed by atoms with Gasteiger partial charge in [-0.25, -0.2) is 4.39 Å². The van der Waals surface area contributed by atoms with E-state index in [0.717, 1.165) is 5.56 Å². The summed E-state index contributed by atoms with van der Waals surface area (Å²) in [5, 5.41) is 6.98. The number of halogens is 3. The van der Waals surface area contributed by atoms with E-state index in [9.17, 15) is 18.8 Å². The molecule has 0 radical (unpaired) electrons. The second-order valence-electron chi connectivity index (χ2n) is 10.4. The van der Waals surface area contributed by atoms with Gasteiger partial charge in [0, 0.05) is 23.2 Å². The standard InChI is InChI=1S/C28H29Cl2FN4O5/c1-14-10-16-11-17(29)8-9-21(16)35(26(14)37)13-28(3,4)39-27(38)20(32)12-33-25(36)22-15(2)40-34-24(22)23-18(30)6-5-7-19(23)31/h5-9,11,14,20H,10,12-13,32H2,1-4H3,(H,33,36). The largest absolute Gasteiger partial charge is 0.457 e. The van der Waals surface area contributed by atoms with Crippen LogP contribution >= 0.6 is 23.2 Å². The fourth-order valence-corrected chi connectivity index (χ4v) is 5.06. The Morgan fingerprint density at radius 1 is 1.30 bits per heavy atom. The first kappa shape index (κ1) is 29.5. The van der Waals surface area contributed by atoms with Crippen molar-refractivity contribution in [3.8, 4) is 11.3 Å². The molecule has 3 N–H and O–H groups in total. The van der Waals surface area contributed by atoms with E-state index in [1.54, 1.807) is 30.9 Å². The van der Waals surface area contributed by atoms with Crippen LogP contribution in [-0.4, -0.2) is 47.7 Å². The lowest BCUT2D eigenvalue weighted by molar-refractivity contribution is -0.157. The number of carbonyl (C=O) groups excluding carboxylic acids is 3. The van der Waals surface area contributed by atoms with E-state index < -0.39 is 29.3 Å². The SMILES string of the molecule is Cc1onc(-c2c(F)cccc2Cl)c1C(=O)NCC(N)C(=O)OC(C)(C)CN1C(=O)C(C)Cc2cc(Cl)ccc21. The second kappa shape index (κ2) is 11.6. The predicted molar refractivity (Wildman–Crippen MR) is 149 cm³/mol. The first-order valence-corrected chi connectivity index (χ1v) is 13.3. The van der Waals surface area contributed by atoms with E-state index in [2.05, 4.69) is 10.5 Å². The Hall–Kier alpha value is -3.47. The summed E-state index contributed by atoms with van der Waals surface area (Å²) in [6.45, 7) is 6.46. The molecule has 3 aromatic rings. The molecule has 2 heterocycles. The fourth-order valence-electron chi connectivity index (χ4n) is 4.62. The summed E-state index contributed by atoms with van der Waals surface area (Å²) in [4.78, 5) is 40.4. The lowest BCUT2D eigenvalue weighted by Gasteiger charge is -2.38. The molecule has 1 aliphatic heterocycles. The van der Waals surface area contributed by atoms with Gasteiger partial charge < -0.3 is 25.2 Å². The minimum absolute atomic E-state index is 0.0376. The van der Waals surface area contributed by atoms with E-state index in [0.29, 0.717) is 17.1 Å². The van der Waals surface area contributed by atoms with Gasteiger partial charge in [-0.15, -0.1) is 0 Å². The highest BCUT2D eigenvalue weighted by molar-refractivity contribution is 6.33. The molecular weight excluding hydrogens is 562 g/mol. The van der Waals surface area contributed by atoms with E-state index in [4.69, 9.17) is 38.2 Å². The van der Waals surface area contributed by atoms with Crippen molar-refractivity contribution in [2.45, 2.75) is 45.8 Å². The average molecular weight is 591 g/mol. The molecule has 12 heteroatoms. The molecule has 0 fully saturated rings. The number of esters is 1. The lowest BCUT2D eigenvalue weighted by atomic mass is 9.92. The number of hydrogen-bond acceptors (Lipinski definition) is 7. The van der Waals surface area contributed by atoms with E-state index >= 15 is 0 Å². The number of fused-ring (bicyclic) bond motifs is 1. The van der Waals surface area contributed by atoms with Crippen LogP contribution in [0.15, 0.2) is 40.9 Å². The molecular formula is C28H29Cl2FN4O5. The number of aromatic nitrogens is 1. The number of benzene rings is 2. The highest BCUT2D eigenvalue weighted by Crippen LogP contribution is 2.35. The molecule has 2 unspecified atom stereocenters. The summed E-state index contributed by atoms with van der Waals surface area (Å²) in [6.07, 6.45) is 0.562. The highest BCUT2D eigenvalue weighted by atomic mass is 35.5. The zero-order valence-electron chi connectivity index (χ0n) is 22.4. The summed E-state index contributed by atoms with van der Waals surface area (Å²) in [6, 6.07) is 8.15. The van der Waals surface area contributed by atoms with Crippen molar-refractivity contribution in [3.05, 3.63) is 69.1 Å². The number of nitrogens with zero attached hydrogens (tertiary/aromatic N) is 2. The average Bonchev–Trinajstić information content (AvgIpc) is 3.25. The summed E-state index contributed by atoms with van der Waals surface area (Å²) in [7, 11) is 0. The van der Waals surface area contributed by atoms with Gasteiger partial charge in [-0.3, -0.25) is 14.4 Å². The summed E-state index contributed by atoms with van der Waals surface area (Å²) < 4.78 is 25.3. The molecule has 0 saturated heterocycles. The molecule has 40 heavy (non-hydrogen) atoms. The van der Waals surface area contributed by atoms with Crippen molar-refractivity contribution in [2.24, 2.45) is 11.7 Å². The van der Waals surface area contributed by atoms with Crippen molar-refractivity contribution in [2.75, 3.05) is 18.0 Å². The van der Waals surface area contributed by atoms with Crippen LogP contribution in [0.1, 0.15) is 42.5 Å². The van der Waals surface area contributed by atoms with Crippen molar-refractivity contribution in [1.82, 2.24) is 10.5 Å². The molecule has 0 bridgehead atoms. The Balaban J connectivity index is 1.42. The third-order valence-corrected chi connectivity index (χ3v) is 7.09. The van der Waals surface area contributed by atoms with Crippen LogP contribution in [0.2, 0.25) is 10.0 Å². The van der Waals surface area contributed by atoms with Gasteiger partial charge in [0.2, 0.25) is 5.91 Å². The van der Waals surface area contributed by atoms with Crippen molar-refractivity contribution in [1.29, 1.82) is 0 Å². The van der Waals surface area contributed by atoms with Gasteiger partial charge in [0.1, 0.15) is 34.5 Å². The molecule has 212 valence electrons. The molecule has 1 aliphatic rings. The predicted octanol–water partition coefficient (Wildman–Crippen LogP) is 4.70. The summed E-state index contributed by atoms with van der Waals surface area (Å²) in [5.41, 5.74) is 6.38. The number of amides is 2. The third-order valence-electron chi connectivity index (χ3n) is 6.54. The van der Waals surface area contributed by atoms with E-state index in [-0.39, 0.29) is 52.5 Å². The minimum atomic E-state index is -1.23. The van der Waals surface area contributed by atoms with Gasteiger partial charge in [-0.05, 0) is 63.1 Å². The van der Waals surface area contributed by atoms with Crippen LogP contribution in [0.25, 0.3) is 11.3 Å². The number of ether oxygens (including phenoxy) is 1. The Morgan fingerprint density at radius 3 is 2.73 bits per heavy atom. The molecule has 2 atom stereocenters. The minimum Gasteiger partial charge on any atom is -0.457 e. The molecule has 9 nitrogen and oxygen atoms in total. The Kier molecular flexibility index (Phi) is 8.53. The summed E-state index contributed by atoms with van der Waals surface area (Å²) >= 11 is 12.3. The quantitative estimate of drug-likeness (QED) is 0.364. The van der Waals surface area contributed by atoms with Gasteiger partial charge in [-0.2, -0.15) is 0 Å². The first-order valence-electron chi connectivity index (χ1n) is 12.6. The number of nitrogens with two attached hydrogens (primary N) is 1. The Labute approximate surface area is 240 Å². The van der Waals surface area contributed by atoms with Gasteiger partial charge in [-0.1, -0.05) is 41.3 Å². The van der Waals surface area contributed by atoms with Gasteiger partial charge in [0.15, 0.2) is 0 Å². The van der Waals surface area contributed by atoms with Crippen molar-refractivity contribution in [3.63, 3.8) is 0 Å². The molecule has 2 aromatic carbocycles. The number of rotatable bonds is 8. The lowest BCUT2D eigenvalue weighted by Crippen LogP contribution is -2.51. The number of anilines is 1. The zero-order chi connectivity index (χ0) is 29.4. The van der Waals surface area contributed by atoms with Crippen molar-refractivity contribution >= 4 is 46.7 Å². The number of carbonyl (C=O) groups is 3. The monoisotopic (exact) mass is 590 g/mol. The first-order chi connectivity index (χ1) is 18.8. The normalized spacial score (nSPS) is 15.9. The smallest absolute Gasteiger partial charge is 0.325 e. The molecule has 0 aliphatic carbocycles. The van der Waals surface area contributed by atoms with E-state index in [1.807, 2.05) is 13.0 Å². The number of hydrogen-bond donors (Lipinski definition) is 2. The van der Waals surface area contributed by atoms with Gasteiger partial charge in [0.25, 0.3) is 5.91 Å². The second-order valence-corrected chi connectivity index (χ2v) is 11.2. The fraction of sp³-hybridized carbons (Fsp3) is 0.357. The van der Waals surface area contributed by atoms with Crippen LogP contribution in [0.3, 0.4) is 0 Å². The van der Waals surface area contributed by atoms with Crippen LogP contribution in [0.5, 0.6) is 0 Å². The summed E-state index contributed by atoms with van der Waals surface area (Å²) in [5.74, 6) is -2.36. The molecule has 4 rings (SSSR count). The van der Waals surface area contributed by atoms with E-state index in [1.165, 1.54) is 25.1 Å². The van der Waals surface area contributed by atoms with Crippen LogP contribution in [-0.2, 0) is 20.7 Å². The van der Waals surface area contributed by atoms with Crippen LogP contribution in [0.4, 0.5) is 10.1 Å². The van der Waals surface area contributed by atoms with Crippen LogP contribution in [0, 0.1) is 18.7 Å². The Morgan fingerprint density at radius 2 is 2.02 bits per heavy atom. The molecule has 0 spiro atoms. The number of nitrogens with one attached hydrogen (secondary N) is 1. The third kappa shape index (κ3) is 6.14. The maximum atomic E-state index is 14.5. The van der Waals surface area contributed by atoms with Gasteiger partial charge in [0.05, 0.1) is 17.1 Å². The highest BCUT2D eigenvalue weighted by Gasteiger charge is 2.36. The van der Waals surface area contributed by atoms with Gasteiger partial charge >= 0.3 is 5.97 Å². The van der Waals surface area contributed by atoms with Crippen molar-refractivity contribution < 1.29 is 28.0 Å². The molecule has 0 saturated carbocycles. The zero-order valence-corrected chi connectivity index (χ0v) is 23.9. The molecule has 2 amide bonds. The van der Waals surface area contributed by atoms with Crippen LogP contribution < -0.4 is 16.0 Å². The number of aryl methyl sites for hydroxylation is 1. The topological polar surface area (TPSA) is 128 Å². The Bertz CT molecular complexity index is 1450.